The number of nitrogens with one attached hydrogen (secondary N) is 1. The summed E-state index contributed by atoms with van der Waals surface area (Å²) in [7, 11) is -3.00. The van der Waals surface area contributed by atoms with Gasteiger partial charge in [-0.3, -0.25) is 9.59 Å². The second-order valence-electron chi connectivity index (χ2n) is 9.35. The molecule has 8 nitrogen and oxygen atoms in total. The van der Waals surface area contributed by atoms with Crippen molar-refractivity contribution >= 4 is 15.9 Å². The van der Waals surface area contributed by atoms with Gasteiger partial charge in [0.1, 0.15) is 11.3 Å². The quantitative estimate of drug-likeness (QED) is 0.590. The maximum Gasteiger partial charge on any atom is 0.270 e. The number of benzene rings is 1. The monoisotopic (exact) mass is 483 g/mol. The van der Waals surface area contributed by atoms with Crippen molar-refractivity contribution in [3.63, 3.8) is 0 Å². The lowest BCUT2D eigenvalue weighted by molar-refractivity contribution is 0.0978. The fourth-order valence-corrected chi connectivity index (χ4v) is 4.64. The maximum atomic E-state index is 13.1. The van der Waals surface area contributed by atoms with E-state index in [2.05, 4.69) is 4.98 Å². The van der Waals surface area contributed by atoms with E-state index >= 15 is 0 Å². The van der Waals surface area contributed by atoms with E-state index in [0.29, 0.717) is 11.4 Å². The van der Waals surface area contributed by atoms with Gasteiger partial charge in [-0.25, -0.2) is 18.1 Å². The Balaban J connectivity index is 2.08. The lowest BCUT2D eigenvalue weighted by Gasteiger charge is -2.21. The van der Waals surface area contributed by atoms with E-state index in [-0.39, 0.29) is 16.9 Å². The molecule has 0 spiro atoms. The Hall–Kier alpha value is -3.46. The number of amides is 1. The van der Waals surface area contributed by atoms with E-state index in [1.54, 1.807) is 6.07 Å². The van der Waals surface area contributed by atoms with E-state index < -0.39 is 26.4 Å². The number of rotatable bonds is 5. The van der Waals surface area contributed by atoms with E-state index in [9.17, 15) is 18.0 Å². The second kappa shape index (κ2) is 9.06. The molecule has 2 aromatic heterocycles. The highest BCUT2D eigenvalue weighted by Crippen LogP contribution is 2.32. The number of hydrogen-bond donors (Lipinski definition) is 1. The van der Waals surface area contributed by atoms with Gasteiger partial charge in [-0.1, -0.05) is 38.5 Å². The molecule has 3 rings (SSSR count). The molecule has 3 aromatic rings. The standard InChI is InChI=1S/C25H29N3O5S/c1-15-13-16(2)21(17(3)14-15)33-23-18(10-11-20(26-23)25(4,5)6)22(29)27-34(31,32)19-9-8-12-28(7)24(19)30/h8-14H,1-7H3,(H,27,29). The number of hydrogen-bond acceptors (Lipinski definition) is 6. The molecule has 0 saturated carbocycles. The number of aromatic nitrogens is 2. The Morgan fingerprint density at radius 3 is 2.26 bits per heavy atom. The molecular formula is C25H29N3O5S. The first-order valence-corrected chi connectivity index (χ1v) is 12.2. The Kier molecular flexibility index (Phi) is 6.71. The SMILES string of the molecule is Cc1cc(C)c(Oc2nc(C(C)(C)C)ccc2C(=O)NS(=O)(=O)c2cccn(C)c2=O)c(C)c1. The van der Waals surface area contributed by atoms with Crippen LogP contribution in [0.5, 0.6) is 11.6 Å². The molecule has 0 saturated heterocycles. The van der Waals surface area contributed by atoms with Crippen molar-refractivity contribution in [2.24, 2.45) is 7.05 Å². The first-order valence-electron chi connectivity index (χ1n) is 10.7. The van der Waals surface area contributed by atoms with Gasteiger partial charge in [-0.05, 0) is 56.2 Å². The number of carbonyl (C=O) groups is 1. The summed E-state index contributed by atoms with van der Waals surface area (Å²) in [5.41, 5.74) is 2.29. The van der Waals surface area contributed by atoms with Crippen molar-refractivity contribution in [3.8, 4) is 11.6 Å². The fourth-order valence-electron chi connectivity index (χ4n) is 3.54. The molecule has 0 aliphatic carbocycles. The minimum absolute atomic E-state index is 0.0175. The number of sulfonamides is 1. The van der Waals surface area contributed by atoms with Crippen LogP contribution < -0.4 is 15.0 Å². The van der Waals surface area contributed by atoms with Gasteiger partial charge >= 0.3 is 0 Å². The van der Waals surface area contributed by atoms with Crippen LogP contribution in [0.1, 0.15) is 53.5 Å². The van der Waals surface area contributed by atoms with E-state index in [1.807, 2.05) is 58.4 Å². The number of pyridine rings is 2. The summed E-state index contributed by atoms with van der Waals surface area (Å²) in [5.74, 6) is -0.426. The van der Waals surface area contributed by atoms with E-state index in [1.165, 1.54) is 25.4 Å². The van der Waals surface area contributed by atoms with E-state index in [4.69, 9.17) is 4.74 Å². The molecule has 1 N–H and O–H groups in total. The summed E-state index contributed by atoms with van der Waals surface area (Å²) >= 11 is 0. The van der Waals surface area contributed by atoms with Gasteiger partial charge in [0.05, 0.1) is 0 Å². The minimum Gasteiger partial charge on any atom is -0.438 e. The first kappa shape index (κ1) is 25.2. The van der Waals surface area contributed by atoms with Crippen LogP contribution in [-0.2, 0) is 22.5 Å². The van der Waals surface area contributed by atoms with Gasteiger partial charge in [-0.15, -0.1) is 0 Å². The van der Waals surface area contributed by atoms with Crippen LogP contribution in [0.2, 0.25) is 0 Å². The van der Waals surface area contributed by atoms with Crippen LogP contribution >= 0.6 is 0 Å². The van der Waals surface area contributed by atoms with Crippen molar-refractivity contribution in [3.05, 3.63) is 80.9 Å². The summed E-state index contributed by atoms with van der Waals surface area (Å²) in [6, 6.07) is 9.60. The Morgan fingerprint density at radius 1 is 1.06 bits per heavy atom. The van der Waals surface area contributed by atoms with Crippen LogP contribution in [0.15, 0.2) is 52.3 Å². The number of ether oxygens (including phenoxy) is 1. The molecule has 2 heterocycles. The van der Waals surface area contributed by atoms with Crippen LogP contribution in [0.25, 0.3) is 0 Å². The van der Waals surface area contributed by atoms with Crippen molar-refractivity contribution in [2.45, 2.75) is 51.9 Å². The zero-order valence-corrected chi connectivity index (χ0v) is 21.2. The number of aryl methyl sites for hydroxylation is 4. The summed E-state index contributed by atoms with van der Waals surface area (Å²) in [6.07, 6.45) is 1.43. The smallest absolute Gasteiger partial charge is 0.270 e. The third-order valence-electron chi connectivity index (χ3n) is 5.28. The molecule has 34 heavy (non-hydrogen) atoms. The highest BCUT2D eigenvalue weighted by molar-refractivity contribution is 7.90. The Labute approximate surface area is 199 Å². The summed E-state index contributed by atoms with van der Waals surface area (Å²) in [4.78, 5) is 29.4. The van der Waals surface area contributed by atoms with Crippen LogP contribution in [0.4, 0.5) is 0 Å². The zero-order valence-electron chi connectivity index (χ0n) is 20.4. The second-order valence-corrected chi connectivity index (χ2v) is 11.0. The van der Waals surface area contributed by atoms with Gasteiger partial charge in [0.2, 0.25) is 5.88 Å². The lowest BCUT2D eigenvalue weighted by atomic mass is 9.91. The normalized spacial score (nSPS) is 11.9. The summed E-state index contributed by atoms with van der Waals surface area (Å²) in [6.45, 7) is 11.7. The molecule has 0 fully saturated rings. The molecule has 0 unspecified atom stereocenters. The van der Waals surface area contributed by atoms with Crippen molar-refractivity contribution in [1.29, 1.82) is 0 Å². The molecule has 0 aliphatic rings. The summed E-state index contributed by atoms with van der Waals surface area (Å²) < 4.78 is 34.9. The largest absolute Gasteiger partial charge is 0.438 e. The van der Waals surface area contributed by atoms with Crippen molar-refractivity contribution < 1.29 is 17.9 Å². The fraction of sp³-hybridized carbons (Fsp3) is 0.320. The molecule has 1 aromatic carbocycles. The van der Waals surface area contributed by atoms with Gasteiger partial charge < -0.3 is 9.30 Å². The third-order valence-corrected chi connectivity index (χ3v) is 6.63. The van der Waals surface area contributed by atoms with Gasteiger partial charge in [0, 0.05) is 24.4 Å². The third kappa shape index (κ3) is 5.20. The summed E-state index contributed by atoms with van der Waals surface area (Å²) in [5, 5.41) is 0. The molecular weight excluding hydrogens is 454 g/mol. The average Bonchev–Trinajstić information content (AvgIpc) is 2.71. The Bertz CT molecular complexity index is 1410. The zero-order chi connectivity index (χ0) is 25.4. The van der Waals surface area contributed by atoms with E-state index in [0.717, 1.165) is 27.3 Å². The topological polar surface area (TPSA) is 107 Å². The van der Waals surface area contributed by atoms with Gasteiger partial charge in [-0.2, -0.15) is 0 Å². The molecule has 1 amide bonds. The van der Waals surface area contributed by atoms with Crippen molar-refractivity contribution in [2.75, 3.05) is 0 Å². The van der Waals surface area contributed by atoms with Crippen molar-refractivity contribution in [1.82, 2.24) is 14.3 Å². The number of carbonyl (C=O) groups excluding carboxylic acids is 1. The highest BCUT2D eigenvalue weighted by atomic mass is 32.2. The van der Waals surface area contributed by atoms with Gasteiger partial charge in [0.25, 0.3) is 21.5 Å². The van der Waals surface area contributed by atoms with Crippen LogP contribution in [0, 0.1) is 20.8 Å². The van der Waals surface area contributed by atoms with Gasteiger partial charge in [0.15, 0.2) is 4.90 Å². The predicted molar refractivity (Wildman–Crippen MR) is 130 cm³/mol. The predicted octanol–water partition coefficient (Wildman–Crippen LogP) is 3.91. The molecule has 0 bridgehead atoms. The molecule has 0 radical (unpaired) electrons. The maximum absolute atomic E-state index is 13.1. The molecule has 9 heteroatoms. The molecule has 0 atom stereocenters. The lowest BCUT2D eigenvalue weighted by Crippen LogP contribution is -2.35. The molecule has 180 valence electrons. The molecule has 0 aliphatic heterocycles. The van der Waals surface area contributed by atoms with Crippen LogP contribution in [0.3, 0.4) is 0 Å². The minimum atomic E-state index is -4.43. The average molecular weight is 484 g/mol. The highest BCUT2D eigenvalue weighted by Gasteiger charge is 2.27. The first-order chi connectivity index (χ1) is 15.7. The number of nitrogens with zero attached hydrogens (tertiary/aromatic N) is 2. The van der Waals surface area contributed by atoms with Crippen LogP contribution in [-0.4, -0.2) is 23.9 Å². The Morgan fingerprint density at radius 2 is 1.68 bits per heavy atom.